The van der Waals surface area contributed by atoms with Crippen LogP contribution in [-0.2, 0) is 4.79 Å². The first-order chi connectivity index (χ1) is 5.56. The number of halogens is 1. The largest absolute Gasteiger partial charge is 0.480 e. The van der Waals surface area contributed by atoms with Crippen LogP contribution in [0.25, 0.3) is 0 Å². The fourth-order valence-corrected chi connectivity index (χ4v) is 2.13. The minimum atomic E-state index is -0.874. The molecule has 1 saturated carbocycles. The summed E-state index contributed by atoms with van der Waals surface area (Å²) in [7, 11) is 0. The molecule has 0 aromatic carbocycles. The molecule has 0 aliphatic heterocycles. The molecule has 0 radical (unpaired) electrons. The SMILES string of the molecule is CC1(C(Cl)C(=O)O)CCCCC1. The zero-order valence-corrected chi connectivity index (χ0v) is 8.10. The molecule has 0 aromatic rings. The molecule has 1 aliphatic carbocycles. The Kier molecular flexibility index (Phi) is 2.99. The summed E-state index contributed by atoms with van der Waals surface area (Å²) in [4.78, 5) is 10.7. The summed E-state index contributed by atoms with van der Waals surface area (Å²) in [5.41, 5.74) is -0.175. The highest BCUT2D eigenvalue weighted by atomic mass is 35.5. The van der Waals surface area contributed by atoms with Gasteiger partial charge in [-0.1, -0.05) is 26.2 Å². The fourth-order valence-electron chi connectivity index (χ4n) is 1.91. The van der Waals surface area contributed by atoms with Crippen molar-refractivity contribution in [2.24, 2.45) is 5.41 Å². The van der Waals surface area contributed by atoms with Crippen LogP contribution in [0.2, 0.25) is 0 Å². The van der Waals surface area contributed by atoms with Crippen LogP contribution in [0, 0.1) is 5.41 Å². The van der Waals surface area contributed by atoms with Crippen LogP contribution in [0.15, 0.2) is 0 Å². The van der Waals surface area contributed by atoms with Crippen molar-refractivity contribution < 1.29 is 9.90 Å². The number of alkyl halides is 1. The van der Waals surface area contributed by atoms with Gasteiger partial charge in [0.25, 0.3) is 0 Å². The van der Waals surface area contributed by atoms with Crippen LogP contribution in [0.1, 0.15) is 39.0 Å². The molecule has 1 N–H and O–H groups in total. The molecule has 1 unspecified atom stereocenters. The van der Waals surface area contributed by atoms with Gasteiger partial charge in [0.05, 0.1) is 0 Å². The maximum absolute atomic E-state index is 10.7. The number of rotatable bonds is 2. The Morgan fingerprint density at radius 3 is 2.33 bits per heavy atom. The first kappa shape index (κ1) is 9.85. The van der Waals surface area contributed by atoms with Crippen LogP contribution >= 0.6 is 11.6 Å². The van der Waals surface area contributed by atoms with E-state index in [0.29, 0.717) is 0 Å². The highest BCUT2D eigenvalue weighted by Gasteiger charge is 2.38. The number of hydrogen-bond donors (Lipinski definition) is 1. The molecule has 3 heteroatoms. The molecule has 70 valence electrons. The predicted octanol–water partition coefficient (Wildman–Crippen LogP) is 2.65. The lowest BCUT2D eigenvalue weighted by Crippen LogP contribution is -2.36. The van der Waals surface area contributed by atoms with Crippen molar-refractivity contribution in [2.75, 3.05) is 0 Å². The van der Waals surface area contributed by atoms with Crippen LogP contribution in [0.3, 0.4) is 0 Å². The van der Waals surface area contributed by atoms with E-state index in [1.807, 2.05) is 6.92 Å². The zero-order valence-electron chi connectivity index (χ0n) is 7.35. The molecule has 0 amide bonds. The Morgan fingerprint density at radius 2 is 1.92 bits per heavy atom. The summed E-state index contributed by atoms with van der Waals surface area (Å²) in [6, 6.07) is 0. The molecule has 1 atom stereocenters. The van der Waals surface area contributed by atoms with Gasteiger partial charge in [-0.3, -0.25) is 4.79 Å². The number of carboxylic acids is 1. The van der Waals surface area contributed by atoms with Crippen molar-refractivity contribution in [3.05, 3.63) is 0 Å². The van der Waals surface area contributed by atoms with Gasteiger partial charge in [-0.05, 0) is 18.3 Å². The third kappa shape index (κ3) is 1.92. The zero-order chi connectivity index (χ0) is 9.19. The maximum atomic E-state index is 10.7. The van der Waals surface area contributed by atoms with Crippen molar-refractivity contribution in [2.45, 2.75) is 44.4 Å². The number of hydrogen-bond acceptors (Lipinski definition) is 1. The summed E-state index contributed by atoms with van der Waals surface area (Å²) in [5.74, 6) is -0.874. The second kappa shape index (κ2) is 3.65. The molecule has 12 heavy (non-hydrogen) atoms. The second-order valence-corrected chi connectivity index (χ2v) is 4.35. The van der Waals surface area contributed by atoms with Crippen LogP contribution < -0.4 is 0 Å². The molecule has 0 aromatic heterocycles. The van der Waals surface area contributed by atoms with E-state index < -0.39 is 11.3 Å². The lowest BCUT2D eigenvalue weighted by molar-refractivity contribution is -0.139. The van der Waals surface area contributed by atoms with Gasteiger partial charge in [-0.15, -0.1) is 11.6 Å². The minimum Gasteiger partial charge on any atom is -0.480 e. The molecular formula is C9H15ClO2. The van der Waals surface area contributed by atoms with E-state index in [-0.39, 0.29) is 5.41 Å². The third-order valence-electron chi connectivity index (χ3n) is 2.82. The number of aliphatic carboxylic acids is 1. The van der Waals surface area contributed by atoms with Gasteiger partial charge >= 0.3 is 5.97 Å². The molecule has 1 aliphatic rings. The van der Waals surface area contributed by atoms with Gasteiger partial charge in [0.15, 0.2) is 0 Å². The van der Waals surface area contributed by atoms with E-state index in [1.165, 1.54) is 6.42 Å². The molecule has 0 bridgehead atoms. The summed E-state index contributed by atoms with van der Waals surface area (Å²) < 4.78 is 0. The molecule has 1 rings (SSSR count). The van der Waals surface area contributed by atoms with E-state index in [2.05, 4.69) is 0 Å². The average molecular weight is 191 g/mol. The van der Waals surface area contributed by atoms with Gasteiger partial charge < -0.3 is 5.11 Å². The van der Waals surface area contributed by atoms with Crippen LogP contribution in [0.5, 0.6) is 0 Å². The smallest absolute Gasteiger partial charge is 0.322 e. The van der Waals surface area contributed by atoms with Gasteiger partial charge in [0.1, 0.15) is 5.38 Å². The summed E-state index contributed by atoms with van der Waals surface area (Å²) in [5, 5.41) is 8.06. The van der Waals surface area contributed by atoms with Crippen molar-refractivity contribution in [3.8, 4) is 0 Å². The Hall–Kier alpha value is -0.240. The first-order valence-electron chi connectivity index (χ1n) is 4.43. The fraction of sp³-hybridized carbons (Fsp3) is 0.889. The van der Waals surface area contributed by atoms with Crippen molar-refractivity contribution in [1.82, 2.24) is 0 Å². The lowest BCUT2D eigenvalue weighted by atomic mass is 9.73. The van der Waals surface area contributed by atoms with Crippen LogP contribution in [0.4, 0.5) is 0 Å². The summed E-state index contributed by atoms with van der Waals surface area (Å²) in [6.45, 7) is 1.98. The molecule has 0 spiro atoms. The van der Waals surface area contributed by atoms with E-state index in [1.54, 1.807) is 0 Å². The van der Waals surface area contributed by atoms with E-state index in [9.17, 15) is 4.79 Å². The number of carbonyl (C=O) groups is 1. The molecule has 0 heterocycles. The Morgan fingerprint density at radius 1 is 1.42 bits per heavy atom. The van der Waals surface area contributed by atoms with E-state index in [0.717, 1.165) is 25.7 Å². The van der Waals surface area contributed by atoms with Gasteiger partial charge in [0, 0.05) is 0 Å². The average Bonchev–Trinajstić information content (AvgIpc) is 2.04. The van der Waals surface area contributed by atoms with E-state index in [4.69, 9.17) is 16.7 Å². The Labute approximate surface area is 77.9 Å². The van der Waals surface area contributed by atoms with Crippen molar-refractivity contribution >= 4 is 17.6 Å². The highest BCUT2D eigenvalue weighted by molar-refractivity contribution is 6.30. The van der Waals surface area contributed by atoms with Crippen molar-refractivity contribution in [1.29, 1.82) is 0 Å². The van der Waals surface area contributed by atoms with Gasteiger partial charge in [-0.25, -0.2) is 0 Å². The van der Waals surface area contributed by atoms with Crippen molar-refractivity contribution in [3.63, 3.8) is 0 Å². The molecule has 0 saturated heterocycles. The van der Waals surface area contributed by atoms with Gasteiger partial charge in [-0.2, -0.15) is 0 Å². The van der Waals surface area contributed by atoms with Gasteiger partial charge in [0.2, 0.25) is 0 Å². The Bertz CT molecular complexity index is 173. The molecular weight excluding hydrogens is 176 g/mol. The minimum absolute atomic E-state index is 0.175. The maximum Gasteiger partial charge on any atom is 0.322 e. The second-order valence-electron chi connectivity index (χ2n) is 3.92. The first-order valence-corrected chi connectivity index (χ1v) is 4.87. The summed E-state index contributed by atoms with van der Waals surface area (Å²) in [6.07, 6.45) is 5.36. The van der Waals surface area contributed by atoms with E-state index >= 15 is 0 Å². The standard InChI is InChI=1S/C9H15ClO2/c1-9(7(10)8(11)12)5-3-2-4-6-9/h7H,2-6H2,1H3,(H,11,12). The predicted molar refractivity (Wildman–Crippen MR) is 48.5 cm³/mol. The lowest BCUT2D eigenvalue weighted by Gasteiger charge is -2.35. The molecule has 2 nitrogen and oxygen atoms in total. The summed E-state index contributed by atoms with van der Waals surface area (Å²) >= 11 is 5.84. The quantitative estimate of drug-likeness (QED) is 0.680. The monoisotopic (exact) mass is 190 g/mol. The number of carboxylic acid groups (broad SMARTS) is 1. The normalized spacial score (nSPS) is 24.8. The molecule has 1 fully saturated rings. The third-order valence-corrected chi connectivity index (χ3v) is 3.54. The van der Waals surface area contributed by atoms with Crippen LogP contribution in [-0.4, -0.2) is 16.5 Å². The highest BCUT2D eigenvalue weighted by Crippen LogP contribution is 2.41. The topological polar surface area (TPSA) is 37.3 Å². The Balaban J connectivity index is 2.62.